The average molecular weight is 335 g/mol. The van der Waals surface area contributed by atoms with Crippen LogP contribution in [0.5, 0.6) is 0 Å². The second kappa shape index (κ2) is 9.90. The van der Waals surface area contributed by atoms with Crippen molar-refractivity contribution >= 4 is 10.8 Å². The number of nitrogens with one attached hydrogen (secondary N) is 1. The molecule has 0 amide bonds. The number of hydrogen-bond donors (Lipinski definition) is 1. The van der Waals surface area contributed by atoms with Crippen molar-refractivity contribution in [3.8, 4) is 0 Å². The Morgan fingerprint density at radius 3 is 2.52 bits per heavy atom. The van der Waals surface area contributed by atoms with E-state index in [0.717, 1.165) is 13.0 Å². The maximum absolute atomic E-state index is 4.16. The van der Waals surface area contributed by atoms with Crippen molar-refractivity contribution in [2.24, 2.45) is 0 Å². The van der Waals surface area contributed by atoms with Gasteiger partial charge in [0.1, 0.15) is 0 Å². The predicted molar refractivity (Wildman–Crippen MR) is 107 cm³/mol. The zero-order chi connectivity index (χ0) is 16.6. The third-order valence-electron chi connectivity index (χ3n) is 4.46. The van der Waals surface area contributed by atoms with E-state index in [9.17, 15) is 0 Å². The molecule has 0 aliphatic carbocycles. The summed E-state index contributed by atoms with van der Waals surface area (Å²) in [6.07, 6.45) is 12.4. The van der Waals surface area contributed by atoms with Gasteiger partial charge in [-0.15, -0.1) is 0 Å². The average Bonchev–Trinajstić information content (AvgIpc) is 2.64. The maximum Gasteiger partial charge on any atom is 0.0346 e. The van der Waals surface area contributed by atoms with Gasteiger partial charge < -0.3 is 5.32 Å². The first kappa shape index (κ1) is 19.1. The summed E-state index contributed by atoms with van der Waals surface area (Å²) in [5.41, 5.74) is 2.72. The summed E-state index contributed by atoms with van der Waals surface area (Å²) in [7, 11) is 0. The van der Waals surface area contributed by atoms with Crippen LogP contribution in [0, 0.1) is 0 Å². The topological polar surface area (TPSA) is 37.8 Å². The smallest absolute Gasteiger partial charge is 0.0346 e. The van der Waals surface area contributed by atoms with Gasteiger partial charge in [0.05, 0.1) is 0 Å². The molecule has 0 radical (unpaired) electrons. The van der Waals surface area contributed by atoms with Crippen LogP contribution in [-0.4, -0.2) is 16.0 Å². The molecule has 0 saturated heterocycles. The first-order valence-corrected chi connectivity index (χ1v) is 8.76. The van der Waals surface area contributed by atoms with Crippen LogP contribution in [0.4, 0.5) is 0 Å². The van der Waals surface area contributed by atoms with Gasteiger partial charge in [-0.2, -0.15) is 0 Å². The van der Waals surface area contributed by atoms with Crippen LogP contribution in [0.2, 0.25) is 0 Å². The highest BCUT2D eigenvalue weighted by Crippen LogP contribution is 2.15. The van der Waals surface area contributed by atoms with E-state index in [1.54, 1.807) is 0 Å². The minimum Gasteiger partial charge on any atom is -0.310 e. The van der Waals surface area contributed by atoms with Crippen LogP contribution in [-0.2, 0) is 13.0 Å². The minimum atomic E-state index is 0. The molecule has 2 heterocycles. The molecule has 3 aromatic rings. The van der Waals surface area contributed by atoms with Gasteiger partial charge in [0.25, 0.3) is 0 Å². The molecule has 2 aromatic heterocycles. The zero-order valence-electron chi connectivity index (χ0n) is 14.3. The summed E-state index contributed by atoms with van der Waals surface area (Å²) < 4.78 is 0. The lowest BCUT2D eigenvalue weighted by molar-refractivity contribution is 0.489. The van der Waals surface area contributed by atoms with E-state index in [-0.39, 0.29) is 7.43 Å². The molecule has 0 aliphatic heterocycles. The van der Waals surface area contributed by atoms with E-state index in [4.69, 9.17) is 0 Å². The molecule has 25 heavy (non-hydrogen) atoms. The fourth-order valence-electron chi connectivity index (χ4n) is 2.97. The lowest BCUT2D eigenvalue weighted by Crippen LogP contribution is -2.25. The number of benzene rings is 1. The van der Waals surface area contributed by atoms with E-state index in [0.29, 0.717) is 6.04 Å². The lowest BCUT2D eigenvalue weighted by Gasteiger charge is -2.14. The molecule has 0 spiro atoms. The van der Waals surface area contributed by atoms with Crippen molar-refractivity contribution in [3.63, 3.8) is 0 Å². The number of nitrogens with zero attached hydrogens (tertiary/aromatic N) is 2. The van der Waals surface area contributed by atoms with Crippen molar-refractivity contribution in [1.82, 2.24) is 15.3 Å². The Labute approximate surface area is 151 Å². The molecule has 1 atom stereocenters. The zero-order valence-corrected chi connectivity index (χ0v) is 14.3. The van der Waals surface area contributed by atoms with E-state index >= 15 is 0 Å². The van der Waals surface area contributed by atoms with Crippen LogP contribution < -0.4 is 5.32 Å². The van der Waals surface area contributed by atoms with Crippen LogP contribution in [0.15, 0.2) is 61.2 Å². The molecular weight excluding hydrogens is 306 g/mol. The molecule has 0 aliphatic rings. The Balaban J connectivity index is 0.00000225. The van der Waals surface area contributed by atoms with Gasteiger partial charge in [0, 0.05) is 42.8 Å². The third-order valence-corrected chi connectivity index (χ3v) is 4.46. The van der Waals surface area contributed by atoms with Gasteiger partial charge in [-0.05, 0) is 67.0 Å². The maximum atomic E-state index is 4.16. The van der Waals surface area contributed by atoms with E-state index in [1.807, 2.05) is 24.8 Å². The molecule has 0 saturated carbocycles. The van der Waals surface area contributed by atoms with Crippen molar-refractivity contribution in [3.05, 3.63) is 72.3 Å². The van der Waals surface area contributed by atoms with Crippen molar-refractivity contribution < 1.29 is 0 Å². The number of hydrogen-bond acceptors (Lipinski definition) is 3. The van der Waals surface area contributed by atoms with Crippen molar-refractivity contribution in [1.29, 1.82) is 0 Å². The van der Waals surface area contributed by atoms with E-state index < -0.39 is 0 Å². The summed E-state index contributed by atoms with van der Waals surface area (Å²) in [5.74, 6) is 0. The SMILES string of the molecule is C.C[C@H](CCCCc1ccncc1)NCc1ccc2cnccc2c1. The summed E-state index contributed by atoms with van der Waals surface area (Å²) in [5, 5.41) is 6.09. The highest BCUT2D eigenvalue weighted by atomic mass is 14.9. The van der Waals surface area contributed by atoms with E-state index in [1.165, 1.54) is 41.2 Å². The second-order valence-corrected chi connectivity index (χ2v) is 6.44. The van der Waals surface area contributed by atoms with Crippen molar-refractivity contribution in [2.75, 3.05) is 0 Å². The first-order valence-electron chi connectivity index (χ1n) is 8.76. The monoisotopic (exact) mass is 335 g/mol. The second-order valence-electron chi connectivity index (χ2n) is 6.44. The molecule has 132 valence electrons. The molecule has 3 heteroatoms. The largest absolute Gasteiger partial charge is 0.310 e. The molecule has 3 nitrogen and oxygen atoms in total. The lowest BCUT2D eigenvalue weighted by atomic mass is 10.1. The number of fused-ring (bicyclic) bond motifs is 1. The molecule has 1 aromatic carbocycles. The number of rotatable bonds is 8. The molecule has 1 N–H and O–H groups in total. The summed E-state index contributed by atoms with van der Waals surface area (Å²) >= 11 is 0. The predicted octanol–water partition coefficient (Wildman–Crippen LogP) is 5.16. The normalized spacial score (nSPS) is 11.9. The van der Waals surface area contributed by atoms with Gasteiger partial charge in [-0.3, -0.25) is 9.97 Å². The van der Waals surface area contributed by atoms with Gasteiger partial charge in [0.2, 0.25) is 0 Å². The van der Waals surface area contributed by atoms with Gasteiger partial charge in [-0.25, -0.2) is 0 Å². The van der Waals surface area contributed by atoms with Gasteiger partial charge in [-0.1, -0.05) is 26.0 Å². The van der Waals surface area contributed by atoms with Crippen LogP contribution in [0.3, 0.4) is 0 Å². The molecule has 0 fully saturated rings. The van der Waals surface area contributed by atoms with Gasteiger partial charge in [0.15, 0.2) is 0 Å². The Hall–Kier alpha value is -2.26. The third kappa shape index (κ3) is 5.95. The summed E-state index contributed by atoms with van der Waals surface area (Å²) in [6, 6.07) is 13.4. The Bertz CT molecular complexity index is 755. The fourth-order valence-corrected chi connectivity index (χ4v) is 2.97. The van der Waals surface area contributed by atoms with Gasteiger partial charge >= 0.3 is 0 Å². The number of aromatic nitrogens is 2. The molecule has 0 bridgehead atoms. The number of unbranched alkanes of at least 4 members (excludes halogenated alkanes) is 1. The molecular formula is C22H29N3. The van der Waals surface area contributed by atoms with Crippen LogP contribution >= 0.6 is 0 Å². The Morgan fingerprint density at radius 1 is 0.880 bits per heavy atom. The number of aryl methyl sites for hydroxylation is 1. The Morgan fingerprint density at radius 2 is 1.68 bits per heavy atom. The Kier molecular flexibility index (Phi) is 7.55. The van der Waals surface area contributed by atoms with Crippen LogP contribution in [0.25, 0.3) is 10.8 Å². The minimum absolute atomic E-state index is 0. The van der Waals surface area contributed by atoms with Crippen molar-refractivity contribution in [2.45, 2.75) is 52.6 Å². The quantitative estimate of drug-likeness (QED) is 0.578. The summed E-state index contributed by atoms with van der Waals surface area (Å²) in [4.78, 5) is 8.22. The standard InChI is InChI=1S/C21H25N3.CH4/c1-17(4-2-3-5-18-8-11-22-12-9-18)24-15-19-6-7-21-16-23-13-10-20(21)14-19;/h6-14,16-17,24H,2-5,15H2,1H3;1H4/t17-;/m1./s1. The highest BCUT2D eigenvalue weighted by molar-refractivity contribution is 5.81. The summed E-state index contributed by atoms with van der Waals surface area (Å²) in [6.45, 7) is 3.20. The van der Waals surface area contributed by atoms with Crippen LogP contribution in [0.1, 0.15) is 44.7 Å². The molecule has 0 unspecified atom stereocenters. The fraction of sp³-hybridized carbons (Fsp3) is 0.364. The highest BCUT2D eigenvalue weighted by Gasteiger charge is 2.03. The van der Waals surface area contributed by atoms with E-state index in [2.05, 4.69) is 58.6 Å². The first-order chi connectivity index (χ1) is 11.8. The molecule has 3 rings (SSSR count). The number of pyridine rings is 2.